The van der Waals surface area contributed by atoms with Crippen molar-refractivity contribution in [3.63, 3.8) is 0 Å². The van der Waals surface area contributed by atoms with Gasteiger partial charge in [-0.2, -0.15) is 0 Å². The third-order valence-electron chi connectivity index (χ3n) is 2.84. The second kappa shape index (κ2) is 4.99. The lowest BCUT2D eigenvalue weighted by Crippen LogP contribution is -2.24. The lowest BCUT2D eigenvalue weighted by atomic mass is 10.1. The van der Waals surface area contributed by atoms with Crippen LogP contribution in [0.25, 0.3) is 10.9 Å². The van der Waals surface area contributed by atoms with Crippen molar-refractivity contribution < 1.29 is 0 Å². The van der Waals surface area contributed by atoms with E-state index in [9.17, 15) is 0 Å². The molecule has 2 rings (SSSR count). The maximum Gasteiger partial charge on any atom is 0.0457 e. The zero-order valence-electron chi connectivity index (χ0n) is 9.66. The molecule has 0 bridgehead atoms. The van der Waals surface area contributed by atoms with Crippen molar-refractivity contribution in [3.05, 3.63) is 48.7 Å². The molecule has 0 aliphatic heterocycles. The molecule has 1 heterocycles. The van der Waals surface area contributed by atoms with E-state index in [0.29, 0.717) is 6.04 Å². The zero-order chi connectivity index (χ0) is 11.4. The summed E-state index contributed by atoms with van der Waals surface area (Å²) < 4.78 is 0. The Bertz CT molecular complexity index is 470. The Kier molecular flexibility index (Phi) is 3.42. The van der Waals surface area contributed by atoms with Crippen LogP contribution in [0.15, 0.2) is 43.1 Å². The van der Waals surface area contributed by atoms with Gasteiger partial charge in [0.25, 0.3) is 0 Å². The molecule has 2 aromatic rings. The first-order valence-electron chi connectivity index (χ1n) is 5.70. The first-order valence-corrected chi connectivity index (χ1v) is 5.70. The number of benzene rings is 1. The van der Waals surface area contributed by atoms with Crippen LogP contribution in [-0.2, 0) is 6.54 Å². The Morgan fingerprint density at radius 2 is 2.25 bits per heavy atom. The number of para-hydroxylation sites is 1. The third-order valence-corrected chi connectivity index (χ3v) is 2.84. The van der Waals surface area contributed by atoms with E-state index >= 15 is 0 Å². The van der Waals surface area contributed by atoms with E-state index in [4.69, 9.17) is 0 Å². The standard InChI is InChI=1S/C14H18N2/c1-3-6-11(2)15-9-12-10-16-14-8-5-4-7-13(12)14/h3-5,7-8,10-11,15-16H,1,6,9H2,2H3. The molecule has 0 aliphatic rings. The van der Waals surface area contributed by atoms with Gasteiger partial charge in [-0.1, -0.05) is 24.3 Å². The summed E-state index contributed by atoms with van der Waals surface area (Å²) in [6.45, 7) is 6.83. The van der Waals surface area contributed by atoms with Crippen LogP contribution in [0.4, 0.5) is 0 Å². The van der Waals surface area contributed by atoms with Crippen molar-refractivity contribution >= 4 is 10.9 Å². The fourth-order valence-electron chi connectivity index (χ4n) is 1.90. The van der Waals surface area contributed by atoms with Gasteiger partial charge in [0.1, 0.15) is 0 Å². The van der Waals surface area contributed by atoms with Gasteiger partial charge >= 0.3 is 0 Å². The fraction of sp³-hybridized carbons (Fsp3) is 0.286. The molecule has 2 N–H and O–H groups in total. The number of H-pyrrole nitrogens is 1. The fourth-order valence-corrected chi connectivity index (χ4v) is 1.90. The number of aromatic nitrogens is 1. The van der Waals surface area contributed by atoms with E-state index in [1.807, 2.05) is 6.08 Å². The van der Waals surface area contributed by atoms with Crippen LogP contribution in [-0.4, -0.2) is 11.0 Å². The van der Waals surface area contributed by atoms with Crippen molar-refractivity contribution in [2.75, 3.05) is 0 Å². The number of aromatic amines is 1. The van der Waals surface area contributed by atoms with Gasteiger partial charge in [0.05, 0.1) is 0 Å². The largest absolute Gasteiger partial charge is 0.361 e. The molecule has 2 nitrogen and oxygen atoms in total. The molecular formula is C14H18N2. The minimum absolute atomic E-state index is 0.478. The number of hydrogen-bond donors (Lipinski definition) is 2. The normalized spacial score (nSPS) is 12.8. The Balaban J connectivity index is 2.07. The second-order valence-corrected chi connectivity index (χ2v) is 4.17. The Hall–Kier alpha value is -1.54. The van der Waals surface area contributed by atoms with Crippen LogP contribution in [0, 0.1) is 0 Å². The summed E-state index contributed by atoms with van der Waals surface area (Å²) in [5.41, 5.74) is 2.53. The smallest absolute Gasteiger partial charge is 0.0457 e. The number of hydrogen-bond acceptors (Lipinski definition) is 1. The second-order valence-electron chi connectivity index (χ2n) is 4.17. The summed E-state index contributed by atoms with van der Waals surface area (Å²) in [5.74, 6) is 0. The van der Waals surface area contributed by atoms with E-state index in [1.54, 1.807) is 0 Å². The number of nitrogens with one attached hydrogen (secondary N) is 2. The van der Waals surface area contributed by atoms with Gasteiger partial charge in [-0.05, 0) is 25.0 Å². The summed E-state index contributed by atoms with van der Waals surface area (Å²) in [6, 6.07) is 8.86. The molecule has 0 amide bonds. The summed E-state index contributed by atoms with van der Waals surface area (Å²) in [4.78, 5) is 3.28. The summed E-state index contributed by atoms with van der Waals surface area (Å²) >= 11 is 0. The Morgan fingerprint density at radius 3 is 3.06 bits per heavy atom. The van der Waals surface area contributed by atoms with Crippen LogP contribution >= 0.6 is 0 Å². The van der Waals surface area contributed by atoms with Gasteiger partial charge in [0.2, 0.25) is 0 Å². The lowest BCUT2D eigenvalue weighted by molar-refractivity contribution is 0.555. The van der Waals surface area contributed by atoms with E-state index in [1.165, 1.54) is 16.5 Å². The van der Waals surface area contributed by atoms with E-state index < -0.39 is 0 Å². The summed E-state index contributed by atoms with van der Waals surface area (Å²) in [6.07, 6.45) is 5.04. The zero-order valence-corrected chi connectivity index (χ0v) is 9.66. The van der Waals surface area contributed by atoms with Gasteiger partial charge < -0.3 is 10.3 Å². The van der Waals surface area contributed by atoms with Gasteiger partial charge in [-0.3, -0.25) is 0 Å². The molecule has 0 saturated heterocycles. The SMILES string of the molecule is C=CCC(C)NCc1c[nH]c2ccccc12. The molecular weight excluding hydrogens is 196 g/mol. The summed E-state index contributed by atoms with van der Waals surface area (Å²) in [7, 11) is 0. The predicted octanol–water partition coefficient (Wildman–Crippen LogP) is 3.22. The third kappa shape index (κ3) is 2.34. The lowest BCUT2D eigenvalue weighted by Gasteiger charge is -2.10. The topological polar surface area (TPSA) is 27.8 Å². The number of fused-ring (bicyclic) bond motifs is 1. The molecule has 84 valence electrons. The monoisotopic (exact) mass is 214 g/mol. The van der Waals surface area contributed by atoms with Gasteiger partial charge in [-0.25, -0.2) is 0 Å². The quantitative estimate of drug-likeness (QED) is 0.735. The van der Waals surface area contributed by atoms with Crippen LogP contribution in [0.3, 0.4) is 0 Å². The van der Waals surface area contributed by atoms with Crippen molar-refractivity contribution in [1.82, 2.24) is 10.3 Å². The highest BCUT2D eigenvalue weighted by atomic mass is 14.9. The van der Waals surface area contributed by atoms with Gasteiger partial charge in [0, 0.05) is 29.7 Å². The van der Waals surface area contributed by atoms with Crippen molar-refractivity contribution in [1.29, 1.82) is 0 Å². The Labute approximate surface area is 96.4 Å². The highest BCUT2D eigenvalue weighted by Crippen LogP contribution is 2.17. The molecule has 0 radical (unpaired) electrons. The summed E-state index contributed by atoms with van der Waals surface area (Å²) in [5, 5.41) is 4.79. The molecule has 1 aromatic heterocycles. The first-order chi connectivity index (χ1) is 7.81. The molecule has 1 atom stereocenters. The van der Waals surface area contributed by atoms with Crippen LogP contribution in [0.5, 0.6) is 0 Å². The van der Waals surface area contributed by atoms with Crippen LogP contribution in [0.1, 0.15) is 18.9 Å². The van der Waals surface area contributed by atoms with Gasteiger partial charge in [0.15, 0.2) is 0 Å². The highest BCUT2D eigenvalue weighted by Gasteiger charge is 2.04. The van der Waals surface area contributed by atoms with E-state index in [0.717, 1.165) is 13.0 Å². The highest BCUT2D eigenvalue weighted by molar-refractivity contribution is 5.82. The van der Waals surface area contributed by atoms with E-state index in [-0.39, 0.29) is 0 Å². The number of rotatable bonds is 5. The van der Waals surface area contributed by atoms with Gasteiger partial charge in [-0.15, -0.1) is 6.58 Å². The molecule has 1 aromatic carbocycles. The average molecular weight is 214 g/mol. The van der Waals surface area contributed by atoms with E-state index in [2.05, 4.69) is 54.3 Å². The van der Waals surface area contributed by atoms with Crippen LogP contribution in [0.2, 0.25) is 0 Å². The van der Waals surface area contributed by atoms with Crippen molar-refractivity contribution in [2.45, 2.75) is 25.9 Å². The molecule has 0 spiro atoms. The maximum absolute atomic E-state index is 3.75. The molecule has 2 heteroatoms. The average Bonchev–Trinajstić information content (AvgIpc) is 2.70. The minimum Gasteiger partial charge on any atom is -0.361 e. The molecule has 0 saturated carbocycles. The molecule has 1 unspecified atom stereocenters. The first kappa shape index (κ1) is 11.0. The predicted molar refractivity (Wildman–Crippen MR) is 69.4 cm³/mol. The minimum atomic E-state index is 0.478. The van der Waals surface area contributed by atoms with Crippen molar-refractivity contribution in [2.24, 2.45) is 0 Å². The maximum atomic E-state index is 3.75. The van der Waals surface area contributed by atoms with Crippen LogP contribution < -0.4 is 5.32 Å². The molecule has 0 aliphatic carbocycles. The Morgan fingerprint density at radius 1 is 1.44 bits per heavy atom. The van der Waals surface area contributed by atoms with Crippen molar-refractivity contribution in [3.8, 4) is 0 Å². The molecule has 16 heavy (non-hydrogen) atoms. The molecule has 0 fully saturated rings.